The van der Waals surface area contributed by atoms with E-state index in [0.29, 0.717) is 6.54 Å². The van der Waals surface area contributed by atoms with E-state index < -0.39 is 0 Å². The first-order valence-electron chi connectivity index (χ1n) is 10.6. The van der Waals surface area contributed by atoms with Crippen LogP contribution in [0, 0.1) is 18.6 Å². The van der Waals surface area contributed by atoms with Crippen molar-refractivity contribution in [2.75, 3.05) is 38.0 Å². The van der Waals surface area contributed by atoms with Gasteiger partial charge in [-0.05, 0) is 49.3 Å². The molecule has 3 N–H and O–H groups in total. The Balaban J connectivity index is 1.34. The number of anilines is 1. The normalized spacial score (nSPS) is 19.2. The molecule has 4 rings (SSSR count). The van der Waals surface area contributed by atoms with Crippen LogP contribution in [0.25, 0.3) is 11.0 Å². The minimum Gasteiger partial charge on any atom is -0.321 e. The topological polar surface area (TPSA) is 47.8 Å². The summed E-state index contributed by atoms with van der Waals surface area (Å²) in [5, 5.41) is 3.12. The Morgan fingerprint density at radius 3 is 2.23 bits per heavy atom. The third-order valence-corrected chi connectivity index (χ3v) is 6.75. The van der Waals surface area contributed by atoms with Gasteiger partial charge in [-0.2, -0.15) is 0 Å². The standard InChI is InChI=1S/C23H29N5OS/c1-17-7-6-8-18(2)22(17)24-21(29)15-26-11-13-27(14-12-26)16-28-20-10-5-4-9-19(20)25(3)23(28)30/h4-10H,11-16H2,1-3H3,(H,24,29)/p+2. The van der Waals surface area contributed by atoms with Crippen LogP contribution in [0.3, 0.4) is 0 Å². The van der Waals surface area contributed by atoms with Crippen LogP contribution in [0.4, 0.5) is 5.69 Å². The molecule has 1 aliphatic heterocycles. The number of quaternary nitrogens is 2. The smallest absolute Gasteiger partial charge is 0.279 e. The summed E-state index contributed by atoms with van der Waals surface area (Å²) in [5.74, 6) is 0.0992. The van der Waals surface area contributed by atoms with E-state index in [1.54, 1.807) is 0 Å². The number of amides is 1. The average molecular weight is 426 g/mol. The molecule has 7 heteroatoms. The number of fused-ring (bicyclic) bond motifs is 1. The van der Waals surface area contributed by atoms with Crippen LogP contribution in [0.15, 0.2) is 42.5 Å². The van der Waals surface area contributed by atoms with Crippen molar-refractivity contribution < 1.29 is 14.6 Å². The molecule has 1 aliphatic rings. The molecule has 0 unspecified atom stereocenters. The Hall–Kier alpha value is -2.48. The van der Waals surface area contributed by atoms with E-state index in [1.165, 1.54) is 20.8 Å². The molecule has 0 atom stereocenters. The number of hydrogen-bond donors (Lipinski definition) is 3. The van der Waals surface area contributed by atoms with Crippen LogP contribution >= 0.6 is 12.2 Å². The lowest BCUT2D eigenvalue weighted by molar-refractivity contribution is -1.02. The van der Waals surface area contributed by atoms with Gasteiger partial charge in [0.25, 0.3) is 5.91 Å². The predicted octanol–water partition coefficient (Wildman–Crippen LogP) is 0.706. The lowest BCUT2D eigenvalue weighted by atomic mass is 10.1. The highest BCUT2D eigenvalue weighted by Crippen LogP contribution is 2.19. The number of aromatic nitrogens is 2. The Morgan fingerprint density at radius 1 is 0.967 bits per heavy atom. The van der Waals surface area contributed by atoms with E-state index in [1.807, 2.05) is 39.1 Å². The van der Waals surface area contributed by atoms with E-state index in [2.05, 4.69) is 38.7 Å². The Morgan fingerprint density at radius 2 is 1.57 bits per heavy atom. The number of aryl methyl sites for hydroxylation is 3. The molecule has 1 aromatic heterocycles. The number of piperazine rings is 1. The average Bonchev–Trinajstić information content (AvgIpc) is 2.97. The summed E-state index contributed by atoms with van der Waals surface area (Å²) in [6.07, 6.45) is 0. The van der Waals surface area contributed by atoms with Gasteiger partial charge in [-0.25, -0.2) is 0 Å². The fourth-order valence-electron chi connectivity index (χ4n) is 4.45. The monoisotopic (exact) mass is 425 g/mol. The summed E-state index contributed by atoms with van der Waals surface area (Å²) in [6.45, 7) is 9.54. The first kappa shape index (κ1) is 20.8. The third kappa shape index (κ3) is 4.19. The van der Waals surface area contributed by atoms with Crippen LogP contribution in [0.1, 0.15) is 11.1 Å². The Bertz CT molecular complexity index is 1100. The molecular weight excluding hydrogens is 394 g/mol. The molecule has 3 aromatic rings. The van der Waals surface area contributed by atoms with E-state index >= 15 is 0 Å². The number of carbonyl (C=O) groups is 1. The summed E-state index contributed by atoms with van der Waals surface area (Å²) < 4.78 is 5.20. The number of rotatable bonds is 5. The van der Waals surface area contributed by atoms with Crippen LogP contribution in [0.5, 0.6) is 0 Å². The number of nitrogens with one attached hydrogen (secondary N) is 3. The second-order valence-corrected chi connectivity index (χ2v) is 8.77. The van der Waals surface area contributed by atoms with Gasteiger partial charge >= 0.3 is 0 Å². The van der Waals surface area contributed by atoms with Crippen molar-refractivity contribution in [3.63, 3.8) is 0 Å². The molecule has 0 aliphatic carbocycles. The highest BCUT2D eigenvalue weighted by molar-refractivity contribution is 7.71. The SMILES string of the molecule is Cc1cccc(C)c1NC(=O)C[NH+]1CC[NH+](Cn2c(=S)n(C)c3ccccc32)CC1. The van der Waals surface area contributed by atoms with E-state index in [9.17, 15) is 4.79 Å². The molecule has 30 heavy (non-hydrogen) atoms. The third-order valence-electron chi connectivity index (χ3n) is 6.25. The first-order valence-corrected chi connectivity index (χ1v) is 11.0. The molecule has 0 bridgehead atoms. The van der Waals surface area contributed by atoms with E-state index in [0.717, 1.165) is 54.4 Å². The van der Waals surface area contributed by atoms with Gasteiger partial charge < -0.3 is 19.7 Å². The van der Waals surface area contributed by atoms with Crippen LogP contribution in [-0.4, -0.2) is 47.8 Å². The van der Waals surface area contributed by atoms with Gasteiger partial charge in [0.2, 0.25) is 0 Å². The van der Waals surface area contributed by atoms with Crippen LogP contribution < -0.4 is 15.1 Å². The van der Waals surface area contributed by atoms with Crippen molar-refractivity contribution in [1.82, 2.24) is 9.13 Å². The maximum atomic E-state index is 12.6. The molecule has 0 radical (unpaired) electrons. The molecule has 6 nitrogen and oxygen atoms in total. The minimum absolute atomic E-state index is 0.0992. The summed E-state index contributed by atoms with van der Waals surface area (Å²) in [4.78, 5) is 15.5. The molecule has 0 spiro atoms. The van der Waals surface area contributed by atoms with Gasteiger partial charge in [0, 0.05) is 12.7 Å². The highest BCUT2D eigenvalue weighted by Gasteiger charge is 2.26. The molecule has 0 saturated carbocycles. The lowest BCUT2D eigenvalue weighted by Crippen LogP contribution is -3.28. The van der Waals surface area contributed by atoms with Crippen LogP contribution in [-0.2, 0) is 18.5 Å². The van der Waals surface area contributed by atoms with Gasteiger partial charge in [0.15, 0.2) is 18.0 Å². The van der Waals surface area contributed by atoms with Crippen molar-refractivity contribution in [2.45, 2.75) is 20.5 Å². The van der Waals surface area contributed by atoms with Crippen LogP contribution in [0.2, 0.25) is 0 Å². The summed E-state index contributed by atoms with van der Waals surface area (Å²) in [5.41, 5.74) is 5.55. The molecule has 158 valence electrons. The van der Waals surface area contributed by atoms with Gasteiger partial charge in [0.05, 0.1) is 11.0 Å². The quantitative estimate of drug-likeness (QED) is 0.528. The maximum absolute atomic E-state index is 12.6. The highest BCUT2D eigenvalue weighted by atomic mass is 32.1. The molecule has 1 fully saturated rings. The lowest BCUT2D eigenvalue weighted by Gasteiger charge is -2.29. The molecular formula is C23H31N5OS+2. The number of imidazole rings is 1. The van der Waals surface area contributed by atoms with E-state index in [4.69, 9.17) is 12.2 Å². The molecule has 1 amide bonds. The van der Waals surface area contributed by atoms with Gasteiger partial charge in [-0.1, -0.05) is 30.3 Å². The summed E-state index contributed by atoms with van der Waals surface area (Å²) in [7, 11) is 2.04. The second kappa shape index (κ2) is 8.71. The minimum atomic E-state index is 0.0992. The van der Waals surface area contributed by atoms with Crippen molar-refractivity contribution in [2.24, 2.45) is 7.05 Å². The number of para-hydroxylation sites is 3. The number of nitrogens with zero attached hydrogens (tertiary/aromatic N) is 2. The predicted molar refractivity (Wildman–Crippen MR) is 123 cm³/mol. The van der Waals surface area contributed by atoms with Gasteiger partial charge in [-0.3, -0.25) is 9.36 Å². The summed E-state index contributed by atoms with van der Waals surface area (Å²) in [6, 6.07) is 14.5. The zero-order valence-electron chi connectivity index (χ0n) is 18.0. The van der Waals surface area contributed by atoms with Crippen molar-refractivity contribution in [3.05, 3.63) is 58.4 Å². The van der Waals surface area contributed by atoms with E-state index in [-0.39, 0.29) is 5.91 Å². The fourth-order valence-corrected chi connectivity index (χ4v) is 4.72. The largest absolute Gasteiger partial charge is 0.321 e. The van der Waals surface area contributed by atoms with Crippen molar-refractivity contribution >= 4 is 34.8 Å². The van der Waals surface area contributed by atoms with Gasteiger partial charge in [-0.15, -0.1) is 0 Å². The van der Waals surface area contributed by atoms with Gasteiger partial charge in [0.1, 0.15) is 26.2 Å². The Kier molecular flexibility index (Phi) is 6.04. The zero-order chi connectivity index (χ0) is 21.3. The first-order chi connectivity index (χ1) is 14.4. The van der Waals surface area contributed by atoms with Crippen molar-refractivity contribution in [3.8, 4) is 0 Å². The molecule has 2 aromatic carbocycles. The zero-order valence-corrected chi connectivity index (χ0v) is 18.8. The molecule has 2 heterocycles. The molecule has 1 saturated heterocycles. The van der Waals surface area contributed by atoms with Crippen molar-refractivity contribution in [1.29, 1.82) is 0 Å². The maximum Gasteiger partial charge on any atom is 0.279 e. The number of hydrogen-bond acceptors (Lipinski definition) is 2. The second-order valence-electron chi connectivity index (χ2n) is 8.41. The number of benzene rings is 2. The Labute approximate surface area is 182 Å². The fraction of sp³-hybridized carbons (Fsp3) is 0.391. The number of carbonyl (C=O) groups excluding carboxylic acids is 1. The summed E-state index contributed by atoms with van der Waals surface area (Å²) >= 11 is 5.68.